The lowest BCUT2D eigenvalue weighted by atomic mass is 9.95. The van der Waals surface area contributed by atoms with Crippen LogP contribution in [0.1, 0.15) is 37.7 Å². The van der Waals surface area contributed by atoms with Crippen LogP contribution in [0.4, 0.5) is 4.79 Å². The van der Waals surface area contributed by atoms with E-state index in [9.17, 15) is 4.79 Å². The summed E-state index contributed by atoms with van der Waals surface area (Å²) in [7, 11) is 5.16. The summed E-state index contributed by atoms with van der Waals surface area (Å²) in [5, 5.41) is 3.01. The molecule has 2 rings (SSSR count). The number of hydrogen-bond acceptors (Lipinski definition) is 3. The van der Waals surface area contributed by atoms with Crippen molar-refractivity contribution < 1.29 is 14.3 Å². The summed E-state index contributed by atoms with van der Waals surface area (Å²) in [5.41, 5.74) is 1.11. The van der Waals surface area contributed by atoms with E-state index in [1.807, 2.05) is 30.1 Å². The molecule has 1 aliphatic carbocycles. The fourth-order valence-corrected chi connectivity index (χ4v) is 3.11. The Morgan fingerprint density at radius 2 is 1.87 bits per heavy atom. The first-order valence-electron chi connectivity index (χ1n) is 8.37. The number of methoxy groups -OCH3 is 2. The van der Waals surface area contributed by atoms with Gasteiger partial charge < -0.3 is 19.7 Å². The van der Waals surface area contributed by atoms with E-state index in [0.717, 1.165) is 36.3 Å². The number of urea groups is 1. The van der Waals surface area contributed by atoms with Gasteiger partial charge in [-0.05, 0) is 37.0 Å². The monoisotopic (exact) mass is 320 g/mol. The predicted molar refractivity (Wildman–Crippen MR) is 91.3 cm³/mol. The molecule has 1 aromatic carbocycles. The topological polar surface area (TPSA) is 50.8 Å². The summed E-state index contributed by atoms with van der Waals surface area (Å²) < 4.78 is 10.5. The standard InChI is InChI=1S/C18H28N2O3/c1-20(15-7-5-4-6-8-15)18(21)19-12-11-14-9-10-16(22-2)17(13-14)23-3/h9-10,13,15H,4-8,11-12H2,1-3H3,(H,19,21). The zero-order valence-corrected chi connectivity index (χ0v) is 14.4. The number of carbonyl (C=O) groups excluding carboxylic acids is 1. The SMILES string of the molecule is COc1ccc(CCNC(=O)N(C)C2CCCCC2)cc1OC. The largest absolute Gasteiger partial charge is 0.493 e. The molecule has 0 aliphatic heterocycles. The Hall–Kier alpha value is -1.91. The van der Waals surface area contributed by atoms with Gasteiger partial charge in [0.1, 0.15) is 0 Å². The average molecular weight is 320 g/mol. The van der Waals surface area contributed by atoms with Gasteiger partial charge in [0.15, 0.2) is 11.5 Å². The van der Waals surface area contributed by atoms with E-state index in [4.69, 9.17) is 9.47 Å². The van der Waals surface area contributed by atoms with E-state index in [1.165, 1.54) is 19.3 Å². The molecule has 1 fully saturated rings. The fourth-order valence-electron chi connectivity index (χ4n) is 3.11. The van der Waals surface area contributed by atoms with Gasteiger partial charge in [0.25, 0.3) is 0 Å². The van der Waals surface area contributed by atoms with Crippen LogP contribution in [0.2, 0.25) is 0 Å². The Labute approximate surface area is 139 Å². The van der Waals surface area contributed by atoms with Gasteiger partial charge >= 0.3 is 6.03 Å². The third-order valence-electron chi connectivity index (χ3n) is 4.58. The molecule has 5 heteroatoms. The van der Waals surface area contributed by atoms with Crippen molar-refractivity contribution in [1.29, 1.82) is 0 Å². The lowest BCUT2D eigenvalue weighted by Gasteiger charge is -2.31. The Kier molecular flexibility index (Phi) is 6.56. The van der Waals surface area contributed by atoms with Gasteiger partial charge in [0, 0.05) is 19.6 Å². The van der Waals surface area contributed by atoms with Crippen molar-refractivity contribution in [1.82, 2.24) is 10.2 Å². The summed E-state index contributed by atoms with van der Waals surface area (Å²) in [6, 6.07) is 6.26. The molecule has 23 heavy (non-hydrogen) atoms. The molecule has 128 valence electrons. The smallest absolute Gasteiger partial charge is 0.317 e. The van der Waals surface area contributed by atoms with Gasteiger partial charge in [-0.15, -0.1) is 0 Å². The highest BCUT2D eigenvalue weighted by Crippen LogP contribution is 2.27. The third-order valence-corrected chi connectivity index (χ3v) is 4.58. The summed E-state index contributed by atoms with van der Waals surface area (Å²) in [4.78, 5) is 14.1. The minimum absolute atomic E-state index is 0.0253. The number of amides is 2. The summed E-state index contributed by atoms with van der Waals surface area (Å²) in [6.45, 7) is 0.616. The molecule has 0 bridgehead atoms. The minimum atomic E-state index is 0.0253. The summed E-state index contributed by atoms with van der Waals surface area (Å²) in [5.74, 6) is 1.44. The molecule has 1 aliphatic rings. The molecule has 0 spiro atoms. The Bertz CT molecular complexity index is 513. The Balaban J connectivity index is 1.80. The number of nitrogens with one attached hydrogen (secondary N) is 1. The van der Waals surface area contributed by atoms with Crippen molar-refractivity contribution in [2.75, 3.05) is 27.8 Å². The van der Waals surface area contributed by atoms with Gasteiger partial charge in [0.2, 0.25) is 0 Å². The van der Waals surface area contributed by atoms with Gasteiger partial charge in [-0.1, -0.05) is 25.3 Å². The number of rotatable bonds is 6. The maximum Gasteiger partial charge on any atom is 0.317 e. The van der Waals surface area contributed by atoms with Crippen molar-refractivity contribution in [2.24, 2.45) is 0 Å². The van der Waals surface area contributed by atoms with Crippen LogP contribution >= 0.6 is 0 Å². The predicted octanol–water partition coefficient (Wildman–Crippen LogP) is 3.22. The lowest BCUT2D eigenvalue weighted by molar-refractivity contribution is 0.174. The van der Waals surface area contributed by atoms with Crippen LogP contribution in [0, 0.1) is 0 Å². The highest BCUT2D eigenvalue weighted by molar-refractivity contribution is 5.74. The van der Waals surface area contributed by atoms with E-state index in [1.54, 1.807) is 14.2 Å². The number of carbonyl (C=O) groups is 1. The van der Waals surface area contributed by atoms with Crippen LogP contribution in [0.25, 0.3) is 0 Å². The van der Waals surface area contributed by atoms with Gasteiger partial charge in [-0.3, -0.25) is 0 Å². The second-order valence-corrected chi connectivity index (χ2v) is 6.07. The van der Waals surface area contributed by atoms with Gasteiger partial charge in [0.05, 0.1) is 14.2 Å². The number of benzene rings is 1. The zero-order valence-electron chi connectivity index (χ0n) is 14.4. The molecule has 0 atom stereocenters. The molecule has 0 aromatic heterocycles. The van der Waals surface area contributed by atoms with E-state index in [2.05, 4.69) is 5.32 Å². The van der Waals surface area contributed by atoms with Crippen molar-refractivity contribution >= 4 is 6.03 Å². The molecule has 0 saturated heterocycles. The molecule has 0 heterocycles. The maximum absolute atomic E-state index is 12.2. The maximum atomic E-state index is 12.2. The van der Waals surface area contributed by atoms with E-state index in [0.29, 0.717) is 12.6 Å². The van der Waals surface area contributed by atoms with Gasteiger partial charge in [-0.25, -0.2) is 4.79 Å². The number of hydrogen-bond donors (Lipinski definition) is 1. The van der Waals surface area contributed by atoms with Crippen molar-refractivity contribution in [3.8, 4) is 11.5 Å². The molecule has 1 aromatic rings. The molecule has 5 nitrogen and oxygen atoms in total. The van der Waals surface area contributed by atoms with Crippen LogP contribution < -0.4 is 14.8 Å². The third kappa shape index (κ3) is 4.78. The first-order chi connectivity index (χ1) is 11.2. The van der Waals surface area contributed by atoms with Crippen LogP contribution in [-0.2, 0) is 6.42 Å². The molecule has 0 radical (unpaired) electrons. The van der Waals surface area contributed by atoms with Crippen LogP contribution in [0.15, 0.2) is 18.2 Å². The van der Waals surface area contributed by atoms with Crippen molar-refractivity contribution in [3.63, 3.8) is 0 Å². The number of nitrogens with zero attached hydrogens (tertiary/aromatic N) is 1. The molecule has 0 unspecified atom stereocenters. The second kappa shape index (κ2) is 8.65. The highest BCUT2D eigenvalue weighted by atomic mass is 16.5. The lowest BCUT2D eigenvalue weighted by Crippen LogP contribution is -2.44. The molecular formula is C18H28N2O3. The van der Waals surface area contributed by atoms with Crippen molar-refractivity contribution in [2.45, 2.75) is 44.6 Å². The summed E-state index contributed by atoms with van der Waals surface area (Å²) >= 11 is 0. The average Bonchev–Trinajstić information content (AvgIpc) is 2.61. The molecule has 2 amide bonds. The highest BCUT2D eigenvalue weighted by Gasteiger charge is 2.21. The molecule has 1 saturated carbocycles. The van der Waals surface area contributed by atoms with E-state index < -0.39 is 0 Å². The van der Waals surface area contributed by atoms with Crippen LogP contribution in [0.3, 0.4) is 0 Å². The Morgan fingerprint density at radius 1 is 1.17 bits per heavy atom. The molecule has 1 N–H and O–H groups in total. The van der Waals surface area contributed by atoms with Gasteiger partial charge in [-0.2, -0.15) is 0 Å². The zero-order chi connectivity index (χ0) is 16.7. The second-order valence-electron chi connectivity index (χ2n) is 6.07. The van der Waals surface area contributed by atoms with Crippen LogP contribution in [-0.4, -0.2) is 44.8 Å². The quantitative estimate of drug-likeness (QED) is 0.875. The Morgan fingerprint density at radius 3 is 2.52 bits per heavy atom. The normalized spacial score (nSPS) is 15.1. The fraction of sp³-hybridized carbons (Fsp3) is 0.611. The van der Waals surface area contributed by atoms with E-state index >= 15 is 0 Å². The summed E-state index contributed by atoms with van der Waals surface area (Å²) in [6.07, 6.45) is 6.77. The van der Waals surface area contributed by atoms with E-state index in [-0.39, 0.29) is 6.03 Å². The minimum Gasteiger partial charge on any atom is -0.493 e. The first kappa shape index (κ1) is 17.4. The van der Waals surface area contributed by atoms with Crippen molar-refractivity contribution in [3.05, 3.63) is 23.8 Å². The first-order valence-corrected chi connectivity index (χ1v) is 8.37. The number of ether oxygens (including phenoxy) is 2. The van der Waals surface area contributed by atoms with Crippen LogP contribution in [0.5, 0.6) is 11.5 Å². The molecular weight excluding hydrogens is 292 g/mol.